The highest BCUT2D eigenvalue weighted by atomic mass is 16.4. The minimum Gasteiger partial charge on any atom is -0.508 e. The first-order chi connectivity index (χ1) is 14.3. The molecule has 0 fully saturated rings. The first-order valence-corrected chi connectivity index (χ1v) is 10.2. The van der Waals surface area contributed by atoms with E-state index in [0.717, 1.165) is 40.3 Å². The molecule has 3 heteroatoms. The number of allylic oxidation sites excluding steroid dienone is 4. The largest absolute Gasteiger partial charge is 0.508 e. The monoisotopic (exact) mass is 400 g/mol. The van der Waals surface area contributed by atoms with Gasteiger partial charge in [0.2, 0.25) is 0 Å². The maximum Gasteiger partial charge on any atom is 0.335 e. The Morgan fingerprint density at radius 1 is 0.867 bits per heavy atom. The SMILES string of the molecule is CC(C)=CCC/C(C)=C\Cc1cc(-c2ccc3cc(C(=O)O)ccc3c2)ccc1O. The molecule has 3 aromatic carbocycles. The van der Waals surface area contributed by atoms with Crippen LogP contribution >= 0.6 is 0 Å². The van der Waals surface area contributed by atoms with E-state index in [4.69, 9.17) is 5.11 Å². The van der Waals surface area contributed by atoms with E-state index in [0.29, 0.717) is 12.2 Å². The van der Waals surface area contributed by atoms with Crippen molar-refractivity contribution < 1.29 is 15.0 Å². The number of fused-ring (bicyclic) bond motifs is 1. The number of carbonyl (C=O) groups is 1. The Morgan fingerprint density at radius 2 is 1.53 bits per heavy atom. The topological polar surface area (TPSA) is 57.5 Å². The molecule has 0 unspecified atom stereocenters. The molecule has 0 bridgehead atoms. The van der Waals surface area contributed by atoms with Crippen molar-refractivity contribution in [3.05, 3.63) is 89.0 Å². The second-order valence-corrected chi connectivity index (χ2v) is 8.00. The molecular weight excluding hydrogens is 372 g/mol. The minimum atomic E-state index is -0.923. The molecule has 30 heavy (non-hydrogen) atoms. The Labute approximate surface area is 178 Å². The fourth-order valence-corrected chi connectivity index (χ4v) is 3.46. The van der Waals surface area contributed by atoms with Crippen molar-refractivity contribution >= 4 is 16.7 Å². The van der Waals surface area contributed by atoms with Crippen molar-refractivity contribution in [2.24, 2.45) is 0 Å². The first kappa shape index (κ1) is 21.4. The summed E-state index contributed by atoms with van der Waals surface area (Å²) in [5.41, 5.74) is 5.91. The molecule has 0 saturated heterocycles. The van der Waals surface area contributed by atoms with E-state index in [1.165, 1.54) is 11.1 Å². The summed E-state index contributed by atoms with van der Waals surface area (Å²) in [4.78, 5) is 11.2. The molecule has 0 aliphatic carbocycles. The van der Waals surface area contributed by atoms with E-state index < -0.39 is 5.97 Å². The van der Waals surface area contributed by atoms with Gasteiger partial charge >= 0.3 is 5.97 Å². The number of hydrogen-bond acceptors (Lipinski definition) is 2. The van der Waals surface area contributed by atoms with E-state index in [9.17, 15) is 9.90 Å². The third-order valence-electron chi connectivity index (χ3n) is 5.26. The zero-order chi connectivity index (χ0) is 21.7. The van der Waals surface area contributed by atoms with E-state index >= 15 is 0 Å². The van der Waals surface area contributed by atoms with Gasteiger partial charge in [-0.2, -0.15) is 0 Å². The lowest BCUT2D eigenvalue weighted by atomic mass is 9.97. The van der Waals surface area contributed by atoms with E-state index in [2.05, 4.69) is 39.0 Å². The Hall–Kier alpha value is -3.33. The fraction of sp³-hybridized carbons (Fsp3) is 0.222. The lowest BCUT2D eigenvalue weighted by Crippen LogP contribution is -1.95. The molecule has 2 N–H and O–H groups in total. The summed E-state index contributed by atoms with van der Waals surface area (Å²) >= 11 is 0. The molecule has 0 saturated carbocycles. The van der Waals surface area contributed by atoms with Crippen LogP contribution in [0.25, 0.3) is 21.9 Å². The number of benzene rings is 3. The lowest BCUT2D eigenvalue weighted by Gasteiger charge is -2.09. The molecule has 0 spiro atoms. The number of aromatic carboxylic acids is 1. The maximum atomic E-state index is 11.2. The van der Waals surface area contributed by atoms with Crippen molar-refractivity contribution in [3.63, 3.8) is 0 Å². The van der Waals surface area contributed by atoms with Gasteiger partial charge in [0, 0.05) is 0 Å². The summed E-state index contributed by atoms with van der Waals surface area (Å²) in [7, 11) is 0. The predicted molar refractivity (Wildman–Crippen MR) is 124 cm³/mol. The van der Waals surface area contributed by atoms with Gasteiger partial charge < -0.3 is 10.2 Å². The minimum absolute atomic E-state index is 0.286. The highest BCUT2D eigenvalue weighted by molar-refractivity contribution is 5.95. The van der Waals surface area contributed by atoms with E-state index in [-0.39, 0.29) is 5.56 Å². The second-order valence-electron chi connectivity index (χ2n) is 8.00. The van der Waals surface area contributed by atoms with Gasteiger partial charge in [-0.3, -0.25) is 0 Å². The van der Waals surface area contributed by atoms with Crippen molar-refractivity contribution in [1.29, 1.82) is 0 Å². The lowest BCUT2D eigenvalue weighted by molar-refractivity contribution is 0.0697. The van der Waals surface area contributed by atoms with Crippen LogP contribution in [0, 0.1) is 0 Å². The number of carboxylic acid groups (broad SMARTS) is 1. The van der Waals surface area contributed by atoms with Gasteiger partial charge in [-0.1, -0.05) is 47.6 Å². The Kier molecular flexibility index (Phi) is 6.73. The molecule has 3 nitrogen and oxygen atoms in total. The number of hydrogen-bond donors (Lipinski definition) is 2. The normalized spacial score (nSPS) is 11.5. The van der Waals surface area contributed by atoms with Crippen LogP contribution in [-0.2, 0) is 6.42 Å². The van der Waals surface area contributed by atoms with Gasteiger partial charge in [0.1, 0.15) is 5.75 Å². The number of phenols is 1. The predicted octanol–water partition coefficient (Wildman–Crippen LogP) is 7.15. The highest BCUT2D eigenvalue weighted by Gasteiger charge is 2.07. The summed E-state index contributed by atoms with van der Waals surface area (Å²) in [5, 5.41) is 21.4. The van der Waals surface area contributed by atoms with Crippen molar-refractivity contribution in [2.45, 2.75) is 40.0 Å². The van der Waals surface area contributed by atoms with Crippen molar-refractivity contribution in [1.82, 2.24) is 0 Å². The third kappa shape index (κ3) is 5.38. The molecule has 0 radical (unpaired) electrons. The molecule has 0 amide bonds. The van der Waals surface area contributed by atoms with Crippen LogP contribution in [0.3, 0.4) is 0 Å². The van der Waals surface area contributed by atoms with Crippen LogP contribution in [0.2, 0.25) is 0 Å². The number of aromatic hydroxyl groups is 1. The molecule has 0 aromatic heterocycles. The number of phenolic OH excluding ortho intramolecular Hbond substituents is 1. The summed E-state index contributed by atoms with van der Waals surface area (Å²) < 4.78 is 0. The summed E-state index contributed by atoms with van der Waals surface area (Å²) in [6.45, 7) is 6.36. The standard InChI is InChI=1S/C27H28O3/c1-18(2)5-4-6-19(3)7-8-24-16-23(13-14-26(24)28)20-9-10-22-17-25(27(29)30)12-11-21(22)15-20/h5,7,9-17,28H,4,6,8H2,1-3H3,(H,29,30)/b19-7-. The molecule has 0 atom stereocenters. The van der Waals surface area contributed by atoms with Crippen molar-refractivity contribution in [2.75, 3.05) is 0 Å². The van der Waals surface area contributed by atoms with Gasteiger partial charge in [0.15, 0.2) is 0 Å². The molecule has 3 aromatic rings. The van der Waals surface area contributed by atoms with E-state index in [1.54, 1.807) is 18.2 Å². The smallest absolute Gasteiger partial charge is 0.335 e. The number of carboxylic acids is 1. The molecular formula is C27H28O3. The molecule has 0 heterocycles. The Balaban J connectivity index is 1.83. The quantitative estimate of drug-likeness (QED) is 0.414. The van der Waals surface area contributed by atoms with E-state index in [1.807, 2.05) is 30.3 Å². The third-order valence-corrected chi connectivity index (χ3v) is 5.26. The highest BCUT2D eigenvalue weighted by Crippen LogP contribution is 2.29. The second kappa shape index (κ2) is 9.45. The van der Waals surface area contributed by atoms with Gasteiger partial charge in [0.25, 0.3) is 0 Å². The zero-order valence-electron chi connectivity index (χ0n) is 17.8. The van der Waals surface area contributed by atoms with Crippen LogP contribution in [0.15, 0.2) is 77.9 Å². The van der Waals surface area contributed by atoms with Gasteiger partial charge in [-0.15, -0.1) is 0 Å². The summed E-state index contributed by atoms with van der Waals surface area (Å²) in [6.07, 6.45) is 7.18. The summed E-state index contributed by atoms with van der Waals surface area (Å²) in [5.74, 6) is -0.618. The van der Waals surface area contributed by atoms with Crippen LogP contribution in [-0.4, -0.2) is 16.2 Å². The molecule has 0 aliphatic heterocycles. The Bertz CT molecular complexity index is 1130. The summed E-state index contributed by atoms with van der Waals surface area (Å²) in [6, 6.07) is 16.8. The molecule has 154 valence electrons. The van der Waals surface area contributed by atoms with Crippen LogP contribution < -0.4 is 0 Å². The van der Waals surface area contributed by atoms with Crippen molar-refractivity contribution in [3.8, 4) is 16.9 Å². The molecule has 0 aliphatic rings. The van der Waals surface area contributed by atoms with Gasteiger partial charge in [-0.25, -0.2) is 4.79 Å². The average molecular weight is 401 g/mol. The number of rotatable bonds is 7. The first-order valence-electron chi connectivity index (χ1n) is 10.2. The zero-order valence-corrected chi connectivity index (χ0v) is 17.8. The average Bonchev–Trinajstić information content (AvgIpc) is 2.72. The van der Waals surface area contributed by atoms with Crippen LogP contribution in [0.4, 0.5) is 0 Å². The van der Waals surface area contributed by atoms with Crippen LogP contribution in [0.1, 0.15) is 49.5 Å². The maximum absolute atomic E-state index is 11.2. The van der Waals surface area contributed by atoms with Gasteiger partial charge in [-0.05, 0) is 97.8 Å². The fourth-order valence-electron chi connectivity index (χ4n) is 3.46. The molecule has 3 rings (SSSR count). The van der Waals surface area contributed by atoms with Crippen LogP contribution in [0.5, 0.6) is 5.75 Å². The van der Waals surface area contributed by atoms with Gasteiger partial charge in [0.05, 0.1) is 5.56 Å². The Morgan fingerprint density at radius 3 is 2.27 bits per heavy atom.